The topological polar surface area (TPSA) is 87.6 Å². The van der Waals surface area contributed by atoms with Crippen molar-refractivity contribution in [1.29, 1.82) is 0 Å². The van der Waals surface area contributed by atoms with Crippen LogP contribution < -0.4 is 20.9 Å². The van der Waals surface area contributed by atoms with E-state index in [-0.39, 0.29) is 6.10 Å². The number of nitrogen functional groups attached to an aromatic ring is 2. The van der Waals surface area contributed by atoms with Crippen molar-refractivity contribution in [2.24, 2.45) is 46.3 Å². The third-order valence-electron chi connectivity index (χ3n) is 13.1. The zero-order valence-corrected chi connectivity index (χ0v) is 29.5. The number of fused-ring (bicyclic) bond motifs is 5. The van der Waals surface area contributed by atoms with Crippen molar-refractivity contribution in [2.45, 2.75) is 111 Å². The minimum Gasteiger partial charge on any atom is -0.490 e. The van der Waals surface area contributed by atoms with Crippen molar-refractivity contribution in [3.63, 3.8) is 0 Å². The van der Waals surface area contributed by atoms with Gasteiger partial charge in [-0.15, -0.1) is 0 Å². The predicted octanol–water partition coefficient (Wildman–Crippen LogP) is 10.3. The van der Waals surface area contributed by atoms with E-state index in [0.717, 1.165) is 59.7 Å². The van der Waals surface area contributed by atoms with E-state index in [9.17, 15) is 4.79 Å². The number of anilines is 2. The molecule has 3 saturated carbocycles. The molecule has 0 heterocycles. The monoisotopic (exact) mass is 638 g/mol. The van der Waals surface area contributed by atoms with E-state index in [1.165, 1.54) is 63.9 Å². The molecule has 0 saturated heterocycles. The van der Waals surface area contributed by atoms with Crippen LogP contribution in [0.5, 0.6) is 11.5 Å². The average molecular weight is 639 g/mol. The molecule has 0 spiro atoms. The van der Waals surface area contributed by atoms with Gasteiger partial charge >= 0.3 is 5.97 Å². The van der Waals surface area contributed by atoms with E-state index in [0.29, 0.717) is 28.0 Å². The Hall–Kier alpha value is -3.21. The Morgan fingerprint density at radius 1 is 0.957 bits per heavy atom. The van der Waals surface area contributed by atoms with Crippen LogP contribution in [-0.4, -0.2) is 12.1 Å². The number of ether oxygens (including phenoxy) is 2. The second kappa shape index (κ2) is 13.7. The quantitative estimate of drug-likeness (QED) is 0.0889. The molecule has 8 atom stereocenters. The first-order chi connectivity index (χ1) is 22.5. The summed E-state index contributed by atoms with van der Waals surface area (Å²) in [5.74, 6) is 5.87. The zero-order chi connectivity index (χ0) is 33.3. The maximum Gasteiger partial charge on any atom is 0.336 e. The van der Waals surface area contributed by atoms with Gasteiger partial charge in [-0.25, -0.2) is 4.79 Å². The summed E-state index contributed by atoms with van der Waals surface area (Å²) in [7, 11) is 0. The van der Waals surface area contributed by atoms with Gasteiger partial charge in [-0.05, 0) is 133 Å². The molecule has 5 nitrogen and oxygen atoms in total. The van der Waals surface area contributed by atoms with Crippen LogP contribution in [0.4, 0.5) is 11.4 Å². The van der Waals surface area contributed by atoms with Crippen LogP contribution in [-0.2, 0) is 4.79 Å². The average Bonchev–Trinajstić information content (AvgIpc) is 3.39. The molecule has 0 aliphatic heterocycles. The molecule has 0 radical (unpaired) electrons. The molecule has 6 rings (SSSR count). The summed E-state index contributed by atoms with van der Waals surface area (Å²) in [6.07, 6.45) is 20.6. The molecule has 4 aliphatic rings. The van der Waals surface area contributed by atoms with Crippen molar-refractivity contribution in [2.75, 3.05) is 11.5 Å². The largest absolute Gasteiger partial charge is 0.490 e. The molecule has 47 heavy (non-hydrogen) atoms. The molecule has 5 heteroatoms. The second-order valence-electron chi connectivity index (χ2n) is 16.4. The lowest BCUT2D eigenvalue weighted by Crippen LogP contribution is -2.51. The summed E-state index contributed by atoms with van der Waals surface area (Å²) in [6, 6.07) is 12.8. The highest BCUT2D eigenvalue weighted by Crippen LogP contribution is 2.67. The molecule has 0 aromatic heterocycles. The second-order valence-corrected chi connectivity index (χ2v) is 16.4. The van der Waals surface area contributed by atoms with E-state index < -0.39 is 5.97 Å². The van der Waals surface area contributed by atoms with Gasteiger partial charge in [0, 0.05) is 18.2 Å². The summed E-state index contributed by atoms with van der Waals surface area (Å²) < 4.78 is 11.9. The number of carbonyl (C=O) groups excluding carboxylic acids is 1. The smallest absolute Gasteiger partial charge is 0.336 e. The molecule has 0 bridgehead atoms. The van der Waals surface area contributed by atoms with Gasteiger partial charge in [0.25, 0.3) is 0 Å². The van der Waals surface area contributed by atoms with Gasteiger partial charge in [-0.2, -0.15) is 0 Å². The van der Waals surface area contributed by atoms with Crippen LogP contribution in [0.3, 0.4) is 0 Å². The van der Waals surface area contributed by atoms with E-state index in [4.69, 9.17) is 20.9 Å². The van der Waals surface area contributed by atoms with Gasteiger partial charge in [0.1, 0.15) is 11.9 Å². The minimum atomic E-state index is -0.489. The predicted molar refractivity (Wildman–Crippen MR) is 194 cm³/mol. The third-order valence-corrected chi connectivity index (χ3v) is 13.1. The van der Waals surface area contributed by atoms with Crippen LogP contribution in [0.1, 0.15) is 111 Å². The van der Waals surface area contributed by atoms with Crippen LogP contribution >= 0.6 is 0 Å². The summed E-state index contributed by atoms with van der Waals surface area (Å²) in [6.45, 7) is 12.6. The van der Waals surface area contributed by atoms with Crippen molar-refractivity contribution >= 4 is 23.4 Å². The number of benzene rings is 2. The van der Waals surface area contributed by atoms with E-state index in [2.05, 4.69) is 40.7 Å². The van der Waals surface area contributed by atoms with Crippen molar-refractivity contribution in [3.05, 3.63) is 65.8 Å². The minimum absolute atomic E-state index is 0.212. The first-order valence-corrected chi connectivity index (χ1v) is 18.5. The number of rotatable bonds is 10. The summed E-state index contributed by atoms with van der Waals surface area (Å²) in [4.78, 5) is 12.3. The van der Waals surface area contributed by atoms with Gasteiger partial charge in [0.15, 0.2) is 5.75 Å². The van der Waals surface area contributed by atoms with Gasteiger partial charge in [0.05, 0.1) is 5.69 Å². The highest BCUT2D eigenvalue weighted by molar-refractivity contribution is 5.89. The highest BCUT2D eigenvalue weighted by Gasteiger charge is 2.59. The standard InChI is InChI=1S/C42H58N2O3/c1-27(2)7-6-8-28(3)35-17-18-36-34-16-12-30-25-33(21-23-41(30,4)37(34)22-24-42(35,36)5)46-32-14-9-29(10-15-32)11-20-40(45)47-39-19-13-31(43)26-38(39)44/h9-15,19-20,26-28,33-37H,6-8,16-18,21-25,43-44H2,1-5H3/t28-,33?,34?,35-,36?,37?,41+,42-/m1/s1. The molecule has 3 fully saturated rings. The summed E-state index contributed by atoms with van der Waals surface area (Å²) in [5.41, 5.74) is 15.9. The molecule has 4 N–H and O–H groups in total. The Kier molecular flexibility index (Phi) is 9.84. The molecule has 0 amide bonds. The van der Waals surface area contributed by atoms with Crippen LogP contribution in [0, 0.1) is 46.3 Å². The van der Waals surface area contributed by atoms with Gasteiger partial charge < -0.3 is 20.9 Å². The SMILES string of the molecule is CC(C)CCC[C@@H](C)[C@H]1CCC2C3CC=C4CC(Oc5ccc(C=CC(=O)Oc6ccc(N)cc6N)cc5)CC[C@]4(C)C3CC[C@@]21C. The lowest BCUT2D eigenvalue weighted by molar-refractivity contribution is -0.128. The summed E-state index contributed by atoms with van der Waals surface area (Å²) in [5, 5.41) is 0. The van der Waals surface area contributed by atoms with Gasteiger partial charge in [0.2, 0.25) is 0 Å². The van der Waals surface area contributed by atoms with Crippen molar-refractivity contribution < 1.29 is 14.3 Å². The van der Waals surface area contributed by atoms with Crippen molar-refractivity contribution in [1.82, 2.24) is 0 Å². The Bertz CT molecular complexity index is 1480. The fourth-order valence-electron chi connectivity index (χ4n) is 10.6. The lowest BCUT2D eigenvalue weighted by Gasteiger charge is -2.58. The third kappa shape index (κ3) is 7.01. The van der Waals surface area contributed by atoms with Gasteiger partial charge in [-0.1, -0.05) is 77.7 Å². The summed E-state index contributed by atoms with van der Waals surface area (Å²) >= 11 is 0. The molecule has 4 unspecified atom stereocenters. The molecule has 254 valence electrons. The lowest BCUT2D eigenvalue weighted by atomic mass is 9.47. The van der Waals surface area contributed by atoms with Gasteiger partial charge in [-0.3, -0.25) is 0 Å². The highest BCUT2D eigenvalue weighted by atomic mass is 16.5. The molecular weight excluding hydrogens is 580 g/mol. The van der Waals surface area contributed by atoms with E-state index >= 15 is 0 Å². The number of esters is 1. The molecule has 2 aromatic carbocycles. The number of hydrogen-bond donors (Lipinski definition) is 2. The maximum atomic E-state index is 12.3. The maximum absolute atomic E-state index is 12.3. The van der Waals surface area contributed by atoms with Crippen molar-refractivity contribution in [3.8, 4) is 11.5 Å². The Labute approximate surface area is 283 Å². The van der Waals surface area contributed by atoms with E-state index in [1.807, 2.05) is 24.3 Å². The fraction of sp³-hybridized carbons (Fsp3) is 0.595. The Balaban J connectivity index is 1.04. The molecule has 2 aromatic rings. The number of allylic oxidation sites excluding steroid dienone is 1. The number of nitrogens with two attached hydrogens (primary N) is 2. The normalized spacial score (nSPS) is 32.3. The zero-order valence-electron chi connectivity index (χ0n) is 29.5. The Morgan fingerprint density at radius 2 is 1.74 bits per heavy atom. The first kappa shape index (κ1) is 33.7. The first-order valence-electron chi connectivity index (χ1n) is 18.5. The fourth-order valence-corrected chi connectivity index (χ4v) is 10.6. The molecule has 4 aliphatic carbocycles. The number of carbonyl (C=O) groups is 1. The molecular formula is C42H58N2O3. The van der Waals surface area contributed by atoms with E-state index in [1.54, 1.807) is 29.8 Å². The van der Waals surface area contributed by atoms with Crippen LogP contribution in [0.2, 0.25) is 0 Å². The van der Waals surface area contributed by atoms with Crippen LogP contribution in [0.25, 0.3) is 6.08 Å². The number of hydrogen-bond acceptors (Lipinski definition) is 5. The Morgan fingerprint density at radius 3 is 2.49 bits per heavy atom. The van der Waals surface area contributed by atoms with Crippen LogP contribution in [0.15, 0.2) is 60.2 Å².